The molecule has 0 fully saturated rings. The Balaban J connectivity index is 0.00000705. The number of nitrogens with one attached hydrogen (secondary N) is 2. The molecule has 244 valence electrons. The number of aromatic nitrogens is 1. The Morgan fingerprint density at radius 1 is 0.933 bits per heavy atom. The Hall–Kier alpha value is -3.39. The van der Waals surface area contributed by atoms with Crippen LogP contribution in [-0.4, -0.2) is 51.8 Å². The standard InChI is InChI=1S/C33H41BrN4O6.HI/c1-7-15-37-20-25(18-26(34)21-37)32(40)38(27-11-9-8-10-12-27)16-13-29(39)35-14-17-44-33(41)36-19-28-24(4)30(42-5)22(2)23(3)31(28)43-6;/h8-12,18,20-21H,7,13-17,19H2,1-6H3,(H-,35,36,39,41);1H. The number of carbonyl (C=O) groups is 3. The topological polar surface area (TPSA) is 110 Å². The van der Waals surface area contributed by atoms with E-state index in [4.69, 9.17) is 14.2 Å². The molecule has 0 unspecified atom stereocenters. The molecule has 3 rings (SSSR count). The maximum Gasteiger partial charge on any atom is 0.407 e. The number of aryl methyl sites for hydroxylation is 1. The van der Waals surface area contributed by atoms with Gasteiger partial charge in [-0.15, -0.1) is 0 Å². The largest absolute Gasteiger partial charge is 1.00 e. The Kier molecular flexibility index (Phi) is 15.6. The van der Waals surface area contributed by atoms with Gasteiger partial charge in [0, 0.05) is 30.6 Å². The second-order valence-corrected chi connectivity index (χ2v) is 11.2. The molecule has 3 amide bonds. The van der Waals surface area contributed by atoms with Crippen molar-refractivity contribution in [2.45, 2.75) is 53.6 Å². The lowest BCUT2D eigenvalue weighted by molar-refractivity contribution is -0.697. The monoisotopic (exact) mass is 796 g/mol. The second kappa shape index (κ2) is 18.5. The number of anilines is 1. The van der Waals surface area contributed by atoms with Gasteiger partial charge in [0.1, 0.15) is 30.2 Å². The molecule has 3 aromatic rings. The van der Waals surface area contributed by atoms with Gasteiger partial charge in [0.15, 0.2) is 12.4 Å². The van der Waals surface area contributed by atoms with Crippen LogP contribution in [0.1, 0.15) is 52.4 Å². The van der Waals surface area contributed by atoms with E-state index in [0.29, 0.717) is 17.0 Å². The lowest BCUT2D eigenvalue weighted by atomic mass is 9.97. The van der Waals surface area contributed by atoms with Crippen LogP contribution < -0.4 is 53.6 Å². The van der Waals surface area contributed by atoms with Gasteiger partial charge in [0.2, 0.25) is 5.91 Å². The Labute approximate surface area is 291 Å². The van der Waals surface area contributed by atoms with Gasteiger partial charge in [-0.05, 0) is 71.6 Å². The van der Waals surface area contributed by atoms with Gasteiger partial charge in [-0.3, -0.25) is 9.59 Å². The molecule has 0 bridgehead atoms. The minimum absolute atomic E-state index is 0. The molecule has 0 aliphatic carbocycles. The highest BCUT2D eigenvalue weighted by molar-refractivity contribution is 9.10. The first-order chi connectivity index (χ1) is 21.1. The van der Waals surface area contributed by atoms with E-state index in [1.165, 1.54) is 0 Å². The number of hydrogen-bond donors (Lipinski definition) is 2. The summed E-state index contributed by atoms with van der Waals surface area (Å²) in [5, 5.41) is 5.50. The van der Waals surface area contributed by atoms with Gasteiger partial charge in [0.25, 0.3) is 5.91 Å². The fourth-order valence-electron chi connectivity index (χ4n) is 5.01. The minimum atomic E-state index is -0.618. The zero-order valence-electron chi connectivity index (χ0n) is 26.7. The highest BCUT2D eigenvalue weighted by Crippen LogP contribution is 2.37. The lowest BCUT2D eigenvalue weighted by Gasteiger charge is -2.22. The van der Waals surface area contributed by atoms with Crippen LogP contribution in [0, 0.1) is 20.8 Å². The summed E-state index contributed by atoms with van der Waals surface area (Å²) in [5.74, 6) is 0.973. The number of rotatable bonds is 14. The second-order valence-electron chi connectivity index (χ2n) is 10.3. The van der Waals surface area contributed by atoms with Gasteiger partial charge < -0.3 is 53.7 Å². The number of amides is 3. The van der Waals surface area contributed by atoms with E-state index in [1.807, 2.05) is 68.1 Å². The first-order valence-corrected chi connectivity index (χ1v) is 15.3. The molecule has 0 aliphatic rings. The number of ether oxygens (including phenoxy) is 3. The number of alkyl carbamates (subject to hydrolysis) is 1. The van der Waals surface area contributed by atoms with Crippen molar-refractivity contribution in [1.82, 2.24) is 10.6 Å². The van der Waals surface area contributed by atoms with Crippen molar-refractivity contribution in [2.24, 2.45) is 0 Å². The van der Waals surface area contributed by atoms with Crippen molar-refractivity contribution in [1.29, 1.82) is 0 Å². The summed E-state index contributed by atoms with van der Waals surface area (Å²) in [7, 11) is 3.21. The quantitative estimate of drug-likeness (QED) is 0.147. The van der Waals surface area contributed by atoms with Crippen LogP contribution in [0.4, 0.5) is 10.5 Å². The number of benzene rings is 2. The van der Waals surface area contributed by atoms with E-state index in [0.717, 1.165) is 45.4 Å². The summed E-state index contributed by atoms with van der Waals surface area (Å²) < 4.78 is 19.2. The molecule has 45 heavy (non-hydrogen) atoms. The van der Waals surface area contributed by atoms with Gasteiger partial charge in [0.05, 0.1) is 31.8 Å². The third-order valence-electron chi connectivity index (χ3n) is 7.28. The summed E-state index contributed by atoms with van der Waals surface area (Å²) in [4.78, 5) is 40.2. The van der Waals surface area contributed by atoms with Gasteiger partial charge >= 0.3 is 6.09 Å². The number of carbonyl (C=O) groups excluding carboxylic acids is 3. The van der Waals surface area contributed by atoms with Crippen molar-refractivity contribution in [2.75, 3.05) is 38.8 Å². The van der Waals surface area contributed by atoms with Gasteiger partial charge in [-0.1, -0.05) is 25.1 Å². The van der Waals surface area contributed by atoms with Crippen molar-refractivity contribution < 1.29 is 57.1 Å². The zero-order chi connectivity index (χ0) is 32.2. The van der Waals surface area contributed by atoms with E-state index in [9.17, 15) is 14.4 Å². The highest BCUT2D eigenvalue weighted by Gasteiger charge is 2.22. The molecule has 10 nitrogen and oxygen atoms in total. The summed E-state index contributed by atoms with van der Waals surface area (Å²) in [6, 6.07) is 11.0. The average Bonchev–Trinajstić information content (AvgIpc) is 3.01. The fourth-order valence-corrected chi connectivity index (χ4v) is 5.52. The van der Waals surface area contributed by atoms with E-state index in [-0.39, 0.29) is 68.5 Å². The molecular weight excluding hydrogens is 755 g/mol. The van der Waals surface area contributed by atoms with Crippen molar-refractivity contribution in [3.05, 3.63) is 81.1 Å². The smallest absolute Gasteiger partial charge is 0.407 e. The zero-order valence-corrected chi connectivity index (χ0v) is 30.4. The molecule has 0 atom stereocenters. The summed E-state index contributed by atoms with van der Waals surface area (Å²) in [5.41, 5.74) is 4.81. The fraction of sp³-hybridized carbons (Fsp3) is 0.394. The molecule has 0 spiro atoms. The molecule has 12 heteroatoms. The van der Waals surface area contributed by atoms with Crippen molar-refractivity contribution >= 4 is 39.5 Å². The van der Waals surface area contributed by atoms with Crippen molar-refractivity contribution in [3.63, 3.8) is 0 Å². The average molecular weight is 798 g/mol. The van der Waals surface area contributed by atoms with Gasteiger partial charge in [-0.2, -0.15) is 0 Å². The first kappa shape index (κ1) is 37.8. The summed E-state index contributed by atoms with van der Waals surface area (Å²) in [6.45, 7) is 9.16. The normalized spacial score (nSPS) is 10.4. The number of methoxy groups -OCH3 is 2. The third-order valence-corrected chi connectivity index (χ3v) is 7.71. The van der Waals surface area contributed by atoms with Crippen LogP contribution in [0.25, 0.3) is 0 Å². The van der Waals surface area contributed by atoms with Crippen LogP contribution in [-0.2, 0) is 22.6 Å². The molecule has 2 N–H and O–H groups in total. The number of nitrogens with zero attached hydrogens (tertiary/aromatic N) is 2. The maximum atomic E-state index is 13.6. The lowest BCUT2D eigenvalue weighted by Crippen LogP contribution is -3.00. The minimum Gasteiger partial charge on any atom is -1.00 e. The van der Waals surface area contributed by atoms with Crippen LogP contribution in [0.3, 0.4) is 0 Å². The molecular formula is C33H42BrIN4O6. The number of hydrogen-bond acceptors (Lipinski definition) is 6. The SMILES string of the molecule is CCC[n+]1cc(Br)cc(C(=O)N(CCC(=O)NCCOC(=O)NCc2c(C)c(OC)c(C)c(C)c2OC)c2ccccc2)c1.[I-]. The summed E-state index contributed by atoms with van der Waals surface area (Å²) in [6.07, 6.45) is 4.14. The predicted octanol–water partition coefficient (Wildman–Crippen LogP) is 2.17. The van der Waals surface area contributed by atoms with Gasteiger partial charge in [-0.25, -0.2) is 9.36 Å². The van der Waals surface area contributed by atoms with Crippen LogP contribution in [0.5, 0.6) is 11.5 Å². The van der Waals surface area contributed by atoms with E-state index >= 15 is 0 Å². The molecule has 0 aliphatic heterocycles. The molecule has 0 radical (unpaired) electrons. The Morgan fingerprint density at radius 3 is 2.24 bits per heavy atom. The molecule has 0 saturated carbocycles. The molecule has 1 aromatic heterocycles. The predicted molar refractivity (Wildman–Crippen MR) is 172 cm³/mol. The van der Waals surface area contributed by atoms with Crippen LogP contribution in [0.2, 0.25) is 0 Å². The Morgan fingerprint density at radius 2 is 1.60 bits per heavy atom. The summed E-state index contributed by atoms with van der Waals surface area (Å²) >= 11 is 3.50. The van der Waals surface area contributed by atoms with E-state index in [1.54, 1.807) is 25.2 Å². The van der Waals surface area contributed by atoms with E-state index < -0.39 is 6.09 Å². The third kappa shape index (κ3) is 10.3. The number of para-hydroxylation sites is 1. The molecule has 1 heterocycles. The first-order valence-electron chi connectivity index (χ1n) is 14.6. The van der Waals surface area contributed by atoms with Crippen LogP contribution >= 0.6 is 15.9 Å². The van der Waals surface area contributed by atoms with E-state index in [2.05, 4.69) is 33.5 Å². The number of pyridine rings is 1. The number of halogens is 2. The Bertz CT molecular complexity index is 1470. The van der Waals surface area contributed by atoms with Crippen molar-refractivity contribution in [3.8, 4) is 11.5 Å². The van der Waals surface area contributed by atoms with Crippen LogP contribution in [0.15, 0.2) is 53.3 Å². The molecule has 0 saturated heterocycles. The highest BCUT2D eigenvalue weighted by atomic mass is 127. The molecule has 2 aromatic carbocycles. The maximum absolute atomic E-state index is 13.6.